The molecule has 0 atom stereocenters. The third-order valence-electron chi connectivity index (χ3n) is 3.58. The summed E-state index contributed by atoms with van der Waals surface area (Å²) in [5, 5.41) is 0. The average molecular weight is 241 g/mol. The Morgan fingerprint density at radius 2 is 1.71 bits per heavy atom. The van der Waals surface area contributed by atoms with E-state index in [0.717, 1.165) is 0 Å². The minimum absolute atomic E-state index is 0.389. The molecular formula is C15H31NO. The Bertz CT molecular complexity index is 174. The van der Waals surface area contributed by atoms with Crippen molar-refractivity contribution in [2.45, 2.75) is 77.9 Å². The minimum atomic E-state index is 0.389. The number of piperidine rings is 1. The molecule has 0 unspecified atom stereocenters. The van der Waals surface area contributed by atoms with Crippen molar-refractivity contribution in [1.82, 2.24) is 4.90 Å². The molecule has 1 heterocycles. The summed E-state index contributed by atoms with van der Waals surface area (Å²) in [6.07, 6.45) is 10.3. The van der Waals surface area contributed by atoms with E-state index < -0.39 is 0 Å². The molecule has 2 nitrogen and oxygen atoms in total. The second-order valence-electron chi connectivity index (χ2n) is 5.64. The van der Waals surface area contributed by atoms with E-state index in [1.165, 1.54) is 64.6 Å². The number of nitrogens with zero attached hydrogens (tertiary/aromatic N) is 1. The molecule has 102 valence electrons. The Hall–Kier alpha value is -0.0800. The Morgan fingerprint density at radius 1 is 1.06 bits per heavy atom. The van der Waals surface area contributed by atoms with Crippen LogP contribution < -0.4 is 0 Å². The van der Waals surface area contributed by atoms with Gasteiger partial charge in [-0.05, 0) is 39.7 Å². The number of hydrogen-bond donors (Lipinski definition) is 0. The van der Waals surface area contributed by atoms with E-state index in [1.807, 2.05) is 0 Å². The van der Waals surface area contributed by atoms with Crippen LogP contribution >= 0.6 is 0 Å². The summed E-state index contributed by atoms with van der Waals surface area (Å²) in [5.74, 6) is 0. The molecule has 0 aromatic carbocycles. The van der Waals surface area contributed by atoms with Gasteiger partial charge in [0.05, 0.1) is 12.2 Å². The van der Waals surface area contributed by atoms with E-state index in [-0.39, 0.29) is 0 Å². The van der Waals surface area contributed by atoms with Crippen molar-refractivity contribution in [1.29, 1.82) is 0 Å². The van der Waals surface area contributed by atoms with Crippen LogP contribution in [0.15, 0.2) is 0 Å². The fourth-order valence-electron chi connectivity index (χ4n) is 2.59. The first-order valence-corrected chi connectivity index (χ1v) is 7.60. The van der Waals surface area contributed by atoms with Crippen LogP contribution in [-0.2, 0) is 4.74 Å². The molecule has 0 amide bonds. The first kappa shape index (κ1) is 15.0. The number of ether oxygens (including phenoxy) is 1. The largest absolute Gasteiger partial charge is 0.375 e. The molecule has 0 bridgehead atoms. The third-order valence-corrected chi connectivity index (χ3v) is 3.58. The standard InChI is InChI=1S/C15H31NO/c1-4-5-6-7-8-11-16-12-9-15(10-13-16)17-14(2)3/h14-15H,4-13H2,1-3H3. The number of unbranched alkanes of at least 4 members (excludes halogenated alkanes) is 4. The van der Waals surface area contributed by atoms with Gasteiger partial charge in [0.2, 0.25) is 0 Å². The Balaban J connectivity index is 1.99. The zero-order valence-corrected chi connectivity index (χ0v) is 12.1. The van der Waals surface area contributed by atoms with Crippen LogP contribution in [0.5, 0.6) is 0 Å². The van der Waals surface area contributed by atoms with Gasteiger partial charge in [-0.25, -0.2) is 0 Å². The number of hydrogen-bond acceptors (Lipinski definition) is 2. The van der Waals surface area contributed by atoms with E-state index in [2.05, 4.69) is 25.7 Å². The lowest BCUT2D eigenvalue weighted by Gasteiger charge is -2.32. The number of likely N-dealkylation sites (tertiary alicyclic amines) is 1. The SMILES string of the molecule is CCCCCCCN1CCC(OC(C)C)CC1. The molecule has 1 saturated heterocycles. The molecule has 0 N–H and O–H groups in total. The summed E-state index contributed by atoms with van der Waals surface area (Å²) < 4.78 is 5.87. The molecule has 0 aromatic heterocycles. The molecular weight excluding hydrogens is 210 g/mol. The highest BCUT2D eigenvalue weighted by Crippen LogP contribution is 2.16. The van der Waals surface area contributed by atoms with Crippen molar-refractivity contribution in [2.75, 3.05) is 19.6 Å². The van der Waals surface area contributed by atoms with Gasteiger partial charge in [-0.2, -0.15) is 0 Å². The highest BCUT2D eigenvalue weighted by Gasteiger charge is 2.19. The summed E-state index contributed by atoms with van der Waals surface area (Å²) in [5.41, 5.74) is 0. The zero-order valence-electron chi connectivity index (χ0n) is 12.1. The topological polar surface area (TPSA) is 12.5 Å². The maximum atomic E-state index is 5.87. The van der Waals surface area contributed by atoms with Crippen molar-refractivity contribution < 1.29 is 4.74 Å². The summed E-state index contributed by atoms with van der Waals surface area (Å²) in [6, 6.07) is 0. The van der Waals surface area contributed by atoms with Gasteiger partial charge in [0.25, 0.3) is 0 Å². The van der Waals surface area contributed by atoms with Gasteiger partial charge in [0.1, 0.15) is 0 Å². The summed E-state index contributed by atoms with van der Waals surface area (Å²) >= 11 is 0. The normalized spacial score (nSPS) is 19.1. The van der Waals surface area contributed by atoms with Crippen LogP contribution in [0.2, 0.25) is 0 Å². The number of rotatable bonds is 8. The molecule has 0 saturated carbocycles. The predicted octanol–water partition coefficient (Wildman–Crippen LogP) is 3.85. The second-order valence-corrected chi connectivity index (χ2v) is 5.64. The molecule has 0 aliphatic carbocycles. The van der Waals surface area contributed by atoms with Gasteiger partial charge in [-0.3, -0.25) is 0 Å². The van der Waals surface area contributed by atoms with Crippen molar-refractivity contribution >= 4 is 0 Å². The molecule has 17 heavy (non-hydrogen) atoms. The first-order valence-electron chi connectivity index (χ1n) is 7.60. The zero-order chi connectivity index (χ0) is 12.5. The van der Waals surface area contributed by atoms with Gasteiger partial charge in [-0.1, -0.05) is 32.6 Å². The predicted molar refractivity (Wildman–Crippen MR) is 74.4 cm³/mol. The van der Waals surface area contributed by atoms with E-state index in [4.69, 9.17) is 4.74 Å². The summed E-state index contributed by atoms with van der Waals surface area (Å²) in [6.45, 7) is 10.3. The van der Waals surface area contributed by atoms with Crippen molar-refractivity contribution in [3.63, 3.8) is 0 Å². The molecule has 0 spiro atoms. The highest BCUT2D eigenvalue weighted by molar-refractivity contribution is 4.72. The minimum Gasteiger partial charge on any atom is -0.375 e. The Kier molecular flexibility index (Phi) is 7.87. The van der Waals surface area contributed by atoms with E-state index >= 15 is 0 Å². The molecule has 1 aliphatic rings. The maximum absolute atomic E-state index is 5.87. The lowest BCUT2D eigenvalue weighted by molar-refractivity contribution is -0.0268. The van der Waals surface area contributed by atoms with Crippen LogP contribution in [0.4, 0.5) is 0 Å². The van der Waals surface area contributed by atoms with E-state index in [0.29, 0.717) is 12.2 Å². The Labute approximate surface area is 108 Å². The molecule has 1 rings (SSSR count). The molecule has 2 heteroatoms. The molecule has 0 radical (unpaired) electrons. The van der Waals surface area contributed by atoms with Crippen molar-refractivity contribution in [3.8, 4) is 0 Å². The van der Waals surface area contributed by atoms with Gasteiger partial charge in [-0.15, -0.1) is 0 Å². The molecule has 1 aliphatic heterocycles. The third kappa shape index (κ3) is 7.05. The first-order chi connectivity index (χ1) is 8.22. The second kappa shape index (κ2) is 8.93. The quantitative estimate of drug-likeness (QED) is 0.599. The summed E-state index contributed by atoms with van der Waals surface area (Å²) in [4.78, 5) is 2.62. The van der Waals surface area contributed by atoms with Crippen LogP contribution in [0, 0.1) is 0 Å². The fourth-order valence-corrected chi connectivity index (χ4v) is 2.59. The lowest BCUT2D eigenvalue weighted by atomic mass is 10.1. The smallest absolute Gasteiger partial charge is 0.0603 e. The van der Waals surface area contributed by atoms with Crippen LogP contribution in [-0.4, -0.2) is 36.7 Å². The lowest BCUT2D eigenvalue weighted by Crippen LogP contribution is -2.38. The monoisotopic (exact) mass is 241 g/mol. The van der Waals surface area contributed by atoms with Crippen molar-refractivity contribution in [2.24, 2.45) is 0 Å². The summed E-state index contributed by atoms with van der Waals surface area (Å²) in [7, 11) is 0. The molecule has 1 fully saturated rings. The average Bonchev–Trinajstić information content (AvgIpc) is 2.30. The Morgan fingerprint density at radius 3 is 2.29 bits per heavy atom. The maximum Gasteiger partial charge on any atom is 0.0603 e. The van der Waals surface area contributed by atoms with Gasteiger partial charge >= 0.3 is 0 Å². The molecule has 0 aromatic rings. The van der Waals surface area contributed by atoms with E-state index in [9.17, 15) is 0 Å². The van der Waals surface area contributed by atoms with E-state index in [1.54, 1.807) is 0 Å². The fraction of sp³-hybridized carbons (Fsp3) is 1.00. The van der Waals surface area contributed by atoms with Crippen LogP contribution in [0.1, 0.15) is 65.7 Å². The van der Waals surface area contributed by atoms with Gasteiger partial charge in [0.15, 0.2) is 0 Å². The van der Waals surface area contributed by atoms with Crippen LogP contribution in [0.3, 0.4) is 0 Å². The van der Waals surface area contributed by atoms with Crippen LogP contribution in [0.25, 0.3) is 0 Å². The van der Waals surface area contributed by atoms with Crippen molar-refractivity contribution in [3.05, 3.63) is 0 Å². The highest BCUT2D eigenvalue weighted by atomic mass is 16.5. The van der Waals surface area contributed by atoms with Gasteiger partial charge in [0, 0.05) is 13.1 Å². The van der Waals surface area contributed by atoms with Gasteiger partial charge < -0.3 is 9.64 Å².